The first-order valence-corrected chi connectivity index (χ1v) is 8.89. The summed E-state index contributed by atoms with van der Waals surface area (Å²) in [5.41, 5.74) is 2.57. The molecule has 4 nitrogen and oxygen atoms in total. The quantitative estimate of drug-likeness (QED) is 0.643. The molecule has 0 radical (unpaired) electrons. The fourth-order valence-corrected chi connectivity index (χ4v) is 3.87. The first-order chi connectivity index (χ1) is 11.2. The Morgan fingerprint density at radius 1 is 1.17 bits per heavy atom. The lowest BCUT2D eigenvalue weighted by molar-refractivity contribution is 1.01. The highest BCUT2D eigenvalue weighted by molar-refractivity contribution is 8.00. The zero-order valence-corrected chi connectivity index (χ0v) is 14.3. The number of thioether (sulfide) groups is 1. The third kappa shape index (κ3) is 4.23. The molecule has 0 saturated heterocycles. The van der Waals surface area contributed by atoms with Gasteiger partial charge in [0.25, 0.3) is 0 Å². The van der Waals surface area contributed by atoms with E-state index in [9.17, 15) is 0 Å². The van der Waals surface area contributed by atoms with E-state index >= 15 is 0 Å². The van der Waals surface area contributed by atoms with Crippen molar-refractivity contribution in [3.8, 4) is 6.07 Å². The van der Waals surface area contributed by atoms with Gasteiger partial charge in [-0.15, -0.1) is 10.2 Å². The number of rotatable bonds is 5. The molecule has 1 N–H and O–H groups in total. The summed E-state index contributed by atoms with van der Waals surface area (Å²) < 4.78 is 0.849. The van der Waals surface area contributed by atoms with Crippen LogP contribution in [0.15, 0.2) is 52.9 Å². The van der Waals surface area contributed by atoms with E-state index in [4.69, 9.17) is 16.9 Å². The van der Waals surface area contributed by atoms with E-state index in [1.165, 1.54) is 11.3 Å². The molecule has 2 aromatic carbocycles. The van der Waals surface area contributed by atoms with Crippen LogP contribution in [0.5, 0.6) is 0 Å². The van der Waals surface area contributed by atoms with E-state index in [1.807, 2.05) is 48.5 Å². The second-order valence-corrected chi connectivity index (χ2v) is 7.20. The van der Waals surface area contributed by atoms with E-state index in [0.29, 0.717) is 21.5 Å². The van der Waals surface area contributed by atoms with Gasteiger partial charge >= 0.3 is 0 Å². The Hall–Kier alpha value is -2.07. The molecule has 23 heavy (non-hydrogen) atoms. The van der Waals surface area contributed by atoms with E-state index in [2.05, 4.69) is 21.6 Å². The van der Waals surface area contributed by atoms with Gasteiger partial charge in [0.05, 0.1) is 11.6 Å². The highest BCUT2D eigenvalue weighted by atomic mass is 35.5. The molecule has 1 aromatic heterocycles. The van der Waals surface area contributed by atoms with Crippen LogP contribution in [0.3, 0.4) is 0 Å². The van der Waals surface area contributed by atoms with Crippen molar-refractivity contribution < 1.29 is 0 Å². The molecule has 0 fully saturated rings. The second-order valence-electron chi connectivity index (χ2n) is 4.57. The second kappa shape index (κ2) is 7.47. The number of nitriles is 1. The molecule has 0 unspecified atom stereocenters. The minimum Gasteiger partial charge on any atom is -0.330 e. The smallest absolute Gasteiger partial charge is 0.210 e. The minimum absolute atomic E-state index is 0.669. The van der Waals surface area contributed by atoms with Gasteiger partial charge in [-0.25, -0.2) is 0 Å². The van der Waals surface area contributed by atoms with Gasteiger partial charge in [0.1, 0.15) is 0 Å². The lowest BCUT2D eigenvalue weighted by Gasteiger charge is -2.01. The molecule has 114 valence electrons. The molecule has 3 aromatic rings. The van der Waals surface area contributed by atoms with Gasteiger partial charge in [0.2, 0.25) is 5.13 Å². The van der Waals surface area contributed by atoms with Crippen LogP contribution < -0.4 is 5.32 Å². The number of nitrogens with one attached hydrogen (secondary N) is 1. The molecule has 0 bridgehead atoms. The summed E-state index contributed by atoms with van der Waals surface area (Å²) in [4.78, 5) is 0. The third-order valence-corrected chi connectivity index (χ3v) is 5.23. The van der Waals surface area contributed by atoms with Crippen LogP contribution in [0.4, 0.5) is 10.8 Å². The van der Waals surface area contributed by atoms with Crippen molar-refractivity contribution in [2.24, 2.45) is 0 Å². The molecular formula is C16H11ClN4S2. The number of benzene rings is 2. The number of aromatic nitrogens is 2. The van der Waals surface area contributed by atoms with E-state index in [0.717, 1.165) is 15.6 Å². The van der Waals surface area contributed by atoms with Crippen molar-refractivity contribution >= 4 is 45.5 Å². The number of hydrogen-bond acceptors (Lipinski definition) is 6. The number of anilines is 2. The standard InChI is InChI=1S/C16H11ClN4S2/c17-13-6-3-7-14(8-13)19-15-20-21-16(23-15)22-10-12-5-2-1-4-11(12)9-18/h1-8H,10H2,(H,19,20). The van der Waals surface area contributed by atoms with E-state index in [-0.39, 0.29) is 0 Å². The predicted molar refractivity (Wildman–Crippen MR) is 95.4 cm³/mol. The molecule has 0 amide bonds. The fourth-order valence-electron chi connectivity index (χ4n) is 1.90. The Morgan fingerprint density at radius 3 is 2.87 bits per heavy atom. The summed E-state index contributed by atoms with van der Waals surface area (Å²) in [5, 5.41) is 21.9. The summed E-state index contributed by atoms with van der Waals surface area (Å²) in [5.74, 6) is 0.690. The van der Waals surface area contributed by atoms with E-state index < -0.39 is 0 Å². The molecule has 1 heterocycles. The molecule has 0 aliphatic heterocycles. The van der Waals surface area contributed by atoms with Crippen LogP contribution in [-0.2, 0) is 5.75 Å². The number of halogens is 1. The monoisotopic (exact) mass is 358 g/mol. The first kappa shape index (κ1) is 15.8. The van der Waals surface area contributed by atoms with Crippen molar-refractivity contribution in [3.05, 3.63) is 64.7 Å². The Bertz CT molecular complexity index is 857. The van der Waals surface area contributed by atoms with Crippen molar-refractivity contribution in [3.63, 3.8) is 0 Å². The summed E-state index contributed by atoms with van der Waals surface area (Å²) in [6.07, 6.45) is 0. The predicted octanol–water partition coefficient (Wildman–Crippen LogP) is 5.10. The maximum absolute atomic E-state index is 9.10. The van der Waals surface area contributed by atoms with Gasteiger partial charge < -0.3 is 5.32 Å². The topological polar surface area (TPSA) is 61.6 Å². The van der Waals surface area contributed by atoms with Crippen molar-refractivity contribution in [2.75, 3.05) is 5.32 Å². The van der Waals surface area contributed by atoms with Gasteiger partial charge in [-0.3, -0.25) is 0 Å². The molecule has 7 heteroatoms. The van der Waals surface area contributed by atoms with Crippen LogP contribution in [-0.4, -0.2) is 10.2 Å². The average molecular weight is 359 g/mol. The Morgan fingerprint density at radius 2 is 2.04 bits per heavy atom. The zero-order valence-electron chi connectivity index (χ0n) is 11.9. The summed E-state index contributed by atoms with van der Waals surface area (Å²) >= 11 is 8.99. The Labute approximate surface area is 147 Å². The normalized spacial score (nSPS) is 10.3. The summed E-state index contributed by atoms with van der Waals surface area (Å²) in [6, 6.07) is 17.2. The molecule has 0 aliphatic rings. The lowest BCUT2D eigenvalue weighted by Crippen LogP contribution is -1.88. The number of nitrogens with zero attached hydrogens (tertiary/aromatic N) is 3. The molecule has 3 rings (SSSR count). The minimum atomic E-state index is 0.669. The largest absolute Gasteiger partial charge is 0.330 e. The van der Waals surface area contributed by atoms with Crippen molar-refractivity contribution in [1.82, 2.24) is 10.2 Å². The van der Waals surface area contributed by atoms with Gasteiger partial charge in [0.15, 0.2) is 4.34 Å². The Balaban J connectivity index is 1.65. The molecule has 0 aliphatic carbocycles. The van der Waals surface area contributed by atoms with Crippen molar-refractivity contribution in [2.45, 2.75) is 10.1 Å². The van der Waals surface area contributed by atoms with Crippen LogP contribution in [0.2, 0.25) is 5.02 Å². The fraction of sp³-hybridized carbons (Fsp3) is 0.0625. The highest BCUT2D eigenvalue weighted by Gasteiger charge is 2.07. The third-order valence-electron chi connectivity index (χ3n) is 2.97. The maximum Gasteiger partial charge on any atom is 0.210 e. The first-order valence-electron chi connectivity index (χ1n) is 6.71. The van der Waals surface area contributed by atoms with Gasteiger partial charge in [-0.05, 0) is 29.8 Å². The lowest BCUT2D eigenvalue weighted by atomic mass is 10.1. The van der Waals surface area contributed by atoms with Crippen LogP contribution in [0.1, 0.15) is 11.1 Å². The average Bonchev–Trinajstić information content (AvgIpc) is 3.00. The van der Waals surface area contributed by atoms with Crippen LogP contribution in [0.25, 0.3) is 0 Å². The highest BCUT2D eigenvalue weighted by Crippen LogP contribution is 2.30. The van der Waals surface area contributed by atoms with Gasteiger partial charge in [0, 0.05) is 16.5 Å². The number of hydrogen-bond donors (Lipinski definition) is 1. The summed E-state index contributed by atoms with van der Waals surface area (Å²) in [7, 11) is 0. The molecular weight excluding hydrogens is 348 g/mol. The zero-order chi connectivity index (χ0) is 16.1. The maximum atomic E-state index is 9.10. The van der Waals surface area contributed by atoms with Gasteiger partial charge in [-0.1, -0.05) is 59.0 Å². The van der Waals surface area contributed by atoms with Crippen LogP contribution in [0, 0.1) is 11.3 Å². The van der Waals surface area contributed by atoms with E-state index in [1.54, 1.807) is 11.8 Å². The SMILES string of the molecule is N#Cc1ccccc1CSc1nnc(Nc2cccc(Cl)c2)s1. The Kier molecular flexibility index (Phi) is 5.13. The van der Waals surface area contributed by atoms with Crippen molar-refractivity contribution in [1.29, 1.82) is 5.26 Å². The van der Waals surface area contributed by atoms with Crippen LogP contribution >= 0.6 is 34.7 Å². The molecule has 0 saturated carbocycles. The molecule has 0 spiro atoms. The summed E-state index contributed by atoms with van der Waals surface area (Å²) in [6.45, 7) is 0. The molecule has 0 atom stereocenters. The van der Waals surface area contributed by atoms with Gasteiger partial charge in [-0.2, -0.15) is 5.26 Å².